The zero-order valence-corrected chi connectivity index (χ0v) is 9.75. The third-order valence-electron chi connectivity index (χ3n) is 1.54. The van der Waals surface area contributed by atoms with Crippen LogP contribution < -0.4 is 5.32 Å². The molecule has 0 unspecified atom stereocenters. The molecule has 1 N–H and O–H groups in total. The molecule has 5 nitrogen and oxygen atoms in total. The number of carbonyl (C=O) groups is 1. The van der Waals surface area contributed by atoms with E-state index >= 15 is 0 Å². The smallest absolute Gasteiger partial charge is 0.276 e. The predicted octanol–water partition coefficient (Wildman–Crippen LogP) is 1.95. The van der Waals surface area contributed by atoms with E-state index in [0.29, 0.717) is 10.8 Å². The lowest BCUT2D eigenvalue weighted by Gasteiger charge is -1.99. The molecule has 0 fully saturated rings. The molecule has 2 aromatic rings. The predicted molar refractivity (Wildman–Crippen MR) is 59.8 cm³/mol. The molecular weight excluding hydrogens is 280 g/mol. The van der Waals surface area contributed by atoms with E-state index in [0.717, 1.165) is 4.47 Å². The Morgan fingerprint density at radius 1 is 1.47 bits per heavy atom. The number of hydrogen-bond donors (Lipinski definition) is 1. The van der Waals surface area contributed by atoms with Crippen molar-refractivity contribution < 1.29 is 4.79 Å². The van der Waals surface area contributed by atoms with E-state index in [1.54, 1.807) is 23.8 Å². The third kappa shape index (κ3) is 2.57. The maximum atomic E-state index is 11.6. The van der Waals surface area contributed by atoms with Gasteiger partial charge in [0.2, 0.25) is 5.13 Å². The Kier molecular flexibility index (Phi) is 3.02. The Bertz CT molecular complexity index is 456. The van der Waals surface area contributed by atoms with Gasteiger partial charge in [0.25, 0.3) is 5.91 Å². The summed E-state index contributed by atoms with van der Waals surface area (Å²) in [7, 11) is 0. The molecule has 0 aliphatic heterocycles. The monoisotopic (exact) mass is 284 g/mol. The second-order valence-corrected chi connectivity index (χ2v) is 4.31. The molecule has 0 spiro atoms. The van der Waals surface area contributed by atoms with Crippen molar-refractivity contribution in [3.63, 3.8) is 0 Å². The Hall–Kier alpha value is -1.34. The molecule has 0 aliphatic rings. The Labute approximate surface area is 97.7 Å². The van der Waals surface area contributed by atoms with Gasteiger partial charge < -0.3 is 0 Å². The highest BCUT2D eigenvalue weighted by Crippen LogP contribution is 2.11. The van der Waals surface area contributed by atoms with Gasteiger partial charge >= 0.3 is 0 Å². The molecule has 0 bridgehead atoms. The molecule has 2 rings (SSSR count). The second-order valence-electron chi connectivity index (χ2n) is 2.56. The highest BCUT2D eigenvalue weighted by atomic mass is 79.9. The van der Waals surface area contributed by atoms with Crippen LogP contribution in [0.5, 0.6) is 0 Å². The minimum atomic E-state index is -0.292. The summed E-state index contributed by atoms with van der Waals surface area (Å²) in [6.45, 7) is 0. The molecule has 0 saturated heterocycles. The van der Waals surface area contributed by atoms with Crippen molar-refractivity contribution in [2.45, 2.75) is 0 Å². The first-order valence-electron chi connectivity index (χ1n) is 3.95. The van der Waals surface area contributed by atoms with Crippen molar-refractivity contribution >= 4 is 38.3 Å². The van der Waals surface area contributed by atoms with Crippen LogP contribution in [0, 0.1) is 0 Å². The second kappa shape index (κ2) is 4.45. The number of nitrogens with zero attached hydrogens (tertiary/aromatic N) is 3. The fourth-order valence-corrected chi connectivity index (χ4v) is 1.57. The van der Waals surface area contributed by atoms with Crippen LogP contribution in [0.1, 0.15) is 10.5 Å². The van der Waals surface area contributed by atoms with Gasteiger partial charge in [-0.2, -0.15) is 0 Å². The average Bonchev–Trinajstić information content (AvgIpc) is 2.71. The van der Waals surface area contributed by atoms with Gasteiger partial charge in [-0.15, -0.1) is 10.2 Å². The number of anilines is 1. The van der Waals surface area contributed by atoms with Gasteiger partial charge in [0.15, 0.2) is 0 Å². The maximum absolute atomic E-state index is 11.6. The molecule has 76 valence electrons. The summed E-state index contributed by atoms with van der Waals surface area (Å²) in [6, 6.07) is 3.38. The van der Waals surface area contributed by atoms with Crippen molar-refractivity contribution in [3.8, 4) is 0 Å². The Morgan fingerprint density at radius 3 is 2.93 bits per heavy atom. The highest BCUT2D eigenvalue weighted by Gasteiger charge is 2.08. The van der Waals surface area contributed by atoms with E-state index in [2.05, 4.69) is 36.4 Å². The molecule has 2 aromatic heterocycles. The van der Waals surface area contributed by atoms with Crippen LogP contribution in [0.3, 0.4) is 0 Å². The summed E-state index contributed by atoms with van der Waals surface area (Å²) in [5.41, 5.74) is 1.89. The summed E-state index contributed by atoms with van der Waals surface area (Å²) in [5.74, 6) is -0.292. The van der Waals surface area contributed by atoms with Crippen molar-refractivity contribution in [3.05, 3.63) is 34.0 Å². The van der Waals surface area contributed by atoms with Gasteiger partial charge in [-0.25, -0.2) is 4.98 Å². The summed E-state index contributed by atoms with van der Waals surface area (Å²) in [6.07, 6.45) is 1.56. The van der Waals surface area contributed by atoms with E-state index in [-0.39, 0.29) is 5.91 Å². The van der Waals surface area contributed by atoms with E-state index in [1.807, 2.05) is 0 Å². The van der Waals surface area contributed by atoms with Crippen LogP contribution >= 0.6 is 27.3 Å². The molecule has 2 heterocycles. The SMILES string of the molecule is O=C(Nc1nncs1)c1ccc(Br)cn1. The number of nitrogens with one attached hydrogen (secondary N) is 1. The third-order valence-corrected chi connectivity index (χ3v) is 2.62. The molecule has 7 heteroatoms. The molecule has 1 amide bonds. The number of rotatable bonds is 2. The van der Waals surface area contributed by atoms with Crippen LogP contribution in [0.4, 0.5) is 5.13 Å². The molecular formula is C8H5BrN4OS. The van der Waals surface area contributed by atoms with E-state index in [1.165, 1.54) is 11.3 Å². The maximum Gasteiger partial charge on any atom is 0.276 e. The number of hydrogen-bond acceptors (Lipinski definition) is 5. The minimum Gasteiger partial charge on any atom is -0.295 e. The highest BCUT2D eigenvalue weighted by molar-refractivity contribution is 9.10. The van der Waals surface area contributed by atoms with E-state index in [4.69, 9.17) is 0 Å². The molecule has 0 radical (unpaired) electrons. The lowest BCUT2D eigenvalue weighted by atomic mass is 10.3. The zero-order valence-electron chi connectivity index (χ0n) is 7.35. The van der Waals surface area contributed by atoms with Gasteiger partial charge in [-0.05, 0) is 28.1 Å². The van der Waals surface area contributed by atoms with Crippen LogP contribution in [0.25, 0.3) is 0 Å². The Balaban J connectivity index is 2.11. The first-order chi connectivity index (χ1) is 7.25. The van der Waals surface area contributed by atoms with Crippen LogP contribution in [-0.2, 0) is 0 Å². The number of amides is 1. The molecule has 0 saturated carbocycles. The first-order valence-corrected chi connectivity index (χ1v) is 5.62. The van der Waals surface area contributed by atoms with Crippen LogP contribution in [0.15, 0.2) is 28.3 Å². The van der Waals surface area contributed by atoms with Crippen molar-refractivity contribution in [1.82, 2.24) is 15.2 Å². The molecule has 15 heavy (non-hydrogen) atoms. The van der Waals surface area contributed by atoms with Gasteiger partial charge in [0, 0.05) is 10.7 Å². The van der Waals surface area contributed by atoms with Crippen molar-refractivity contribution in [2.75, 3.05) is 5.32 Å². The van der Waals surface area contributed by atoms with Crippen molar-refractivity contribution in [2.24, 2.45) is 0 Å². The summed E-state index contributed by atoms with van der Waals surface area (Å²) < 4.78 is 0.829. The van der Waals surface area contributed by atoms with E-state index < -0.39 is 0 Å². The quantitative estimate of drug-likeness (QED) is 0.915. The number of halogens is 1. The van der Waals surface area contributed by atoms with Crippen LogP contribution in [0.2, 0.25) is 0 Å². The lowest BCUT2D eigenvalue weighted by molar-refractivity contribution is 0.102. The fourth-order valence-electron chi connectivity index (χ4n) is 0.899. The topological polar surface area (TPSA) is 67.8 Å². The summed E-state index contributed by atoms with van der Waals surface area (Å²) in [4.78, 5) is 15.5. The first kappa shape index (κ1) is 10.2. The van der Waals surface area contributed by atoms with Crippen molar-refractivity contribution in [1.29, 1.82) is 0 Å². The van der Waals surface area contributed by atoms with Gasteiger partial charge in [0.1, 0.15) is 11.2 Å². The summed E-state index contributed by atoms with van der Waals surface area (Å²) >= 11 is 4.50. The number of aromatic nitrogens is 3. The normalized spacial score (nSPS) is 9.93. The molecule has 0 aliphatic carbocycles. The van der Waals surface area contributed by atoms with Crippen LogP contribution in [-0.4, -0.2) is 21.1 Å². The minimum absolute atomic E-state index is 0.292. The molecule has 0 aromatic carbocycles. The Morgan fingerprint density at radius 2 is 2.33 bits per heavy atom. The largest absolute Gasteiger partial charge is 0.295 e. The zero-order chi connectivity index (χ0) is 10.7. The number of pyridine rings is 1. The lowest BCUT2D eigenvalue weighted by Crippen LogP contribution is -2.13. The molecule has 0 atom stereocenters. The summed E-state index contributed by atoms with van der Waals surface area (Å²) in [5, 5.41) is 10.4. The van der Waals surface area contributed by atoms with Gasteiger partial charge in [0.05, 0.1) is 0 Å². The number of carbonyl (C=O) groups excluding carboxylic acids is 1. The van der Waals surface area contributed by atoms with Gasteiger partial charge in [-0.1, -0.05) is 11.3 Å². The fraction of sp³-hybridized carbons (Fsp3) is 0. The standard InChI is InChI=1S/C8H5BrN4OS/c9-5-1-2-6(10-3-5)7(14)12-8-13-11-4-15-8/h1-4H,(H,12,13,14). The van der Waals surface area contributed by atoms with E-state index in [9.17, 15) is 4.79 Å². The van der Waals surface area contributed by atoms with Gasteiger partial charge in [-0.3, -0.25) is 10.1 Å². The average molecular weight is 285 g/mol.